The van der Waals surface area contributed by atoms with Crippen molar-refractivity contribution in [1.29, 1.82) is 0 Å². The molecule has 2 atom stereocenters. The summed E-state index contributed by atoms with van der Waals surface area (Å²) in [6.07, 6.45) is 3.58. The topological polar surface area (TPSA) is 62.3 Å². The number of thioether (sulfide) groups is 1. The van der Waals surface area contributed by atoms with Crippen LogP contribution in [-0.4, -0.2) is 28.6 Å². The van der Waals surface area contributed by atoms with Crippen molar-refractivity contribution in [3.63, 3.8) is 0 Å². The van der Waals surface area contributed by atoms with Crippen molar-refractivity contribution in [3.8, 4) is 0 Å². The number of rotatable bonds is 7. The van der Waals surface area contributed by atoms with Gasteiger partial charge in [-0.25, -0.2) is 4.98 Å². The van der Waals surface area contributed by atoms with Crippen molar-refractivity contribution >= 4 is 40.6 Å². The van der Waals surface area contributed by atoms with Gasteiger partial charge in [0.15, 0.2) is 0 Å². The molecular weight excluding hydrogens is 366 g/mol. The molecule has 7 heteroatoms. The van der Waals surface area contributed by atoms with Gasteiger partial charge >= 0.3 is 0 Å². The van der Waals surface area contributed by atoms with E-state index in [4.69, 9.17) is 0 Å². The molecule has 0 aromatic carbocycles. The standard InChI is InChI=1S/C19H23N3O2S2/c1-3-10-22-14-7-5-9-20-18(14)26-16(19(22)24)12-17(23)21-13(4-2)15-8-6-11-25-15/h5-9,11,13,16H,3-4,10,12H2,1-2H3,(H,21,23)/t13-,16+/m0/s1. The molecule has 0 saturated heterocycles. The van der Waals surface area contributed by atoms with E-state index in [0.717, 1.165) is 28.4 Å². The van der Waals surface area contributed by atoms with E-state index >= 15 is 0 Å². The Kier molecular flexibility index (Phi) is 6.32. The zero-order valence-corrected chi connectivity index (χ0v) is 16.6. The Morgan fingerprint density at radius 2 is 2.19 bits per heavy atom. The molecule has 0 fully saturated rings. The highest BCUT2D eigenvalue weighted by Crippen LogP contribution is 2.38. The van der Waals surface area contributed by atoms with Crippen LogP contribution in [0.2, 0.25) is 0 Å². The Labute approximate surface area is 162 Å². The lowest BCUT2D eigenvalue weighted by molar-refractivity contribution is -0.125. The minimum absolute atomic E-state index is 0.00308. The lowest BCUT2D eigenvalue weighted by Crippen LogP contribution is -2.44. The summed E-state index contributed by atoms with van der Waals surface area (Å²) in [5.41, 5.74) is 0.853. The number of pyridine rings is 1. The van der Waals surface area contributed by atoms with Crippen LogP contribution in [0, 0.1) is 0 Å². The van der Waals surface area contributed by atoms with Crippen molar-refractivity contribution < 1.29 is 9.59 Å². The third-order valence-corrected chi connectivity index (χ3v) is 6.46. The van der Waals surface area contributed by atoms with Crippen molar-refractivity contribution in [2.75, 3.05) is 11.4 Å². The highest BCUT2D eigenvalue weighted by molar-refractivity contribution is 8.00. The molecular formula is C19H23N3O2S2. The number of nitrogens with one attached hydrogen (secondary N) is 1. The van der Waals surface area contributed by atoms with Crippen LogP contribution in [0.25, 0.3) is 0 Å². The van der Waals surface area contributed by atoms with Crippen molar-refractivity contribution in [3.05, 3.63) is 40.7 Å². The van der Waals surface area contributed by atoms with Crippen molar-refractivity contribution in [1.82, 2.24) is 10.3 Å². The summed E-state index contributed by atoms with van der Waals surface area (Å²) in [5.74, 6) is -0.0939. The number of hydrogen-bond donors (Lipinski definition) is 1. The summed E-state index contributed by atoms with van der Waals surface area (Å²) in [6, 6.07) is 7.78. The second-order valence-electron chi connectivity index (χ2n) is 6.17. The van der Waals surface area contributed by atoms with Gasteiger partial charge in [-0.2, -0.15) is 0 Å². The van der Waals surface area contributed by atoms with Crippen molar-refractivity contribution in [2.45, 2.75) is 49.4 Å². The SMILES string of the molecule is CCCN1C(=O)[C@@H](CC(=O)N[C@@H](CC)c2cccs2)Sc2ncccc21. The third-order valence-electron chi connectivity index (χ3n) is 4.29. The number of nitrogens with zero attached hydrogens (tertiary/aromatic N) is 2. The molecule has 138 valence electrons. The normalized spacial score (nSPS) is 17.7. The number of carbonyl (C=O) groups excluding carboxylic acids is 2. The maximum atomic E-state index is 12.9. The molecule has 1 aliphatic rings. The quantitative estimate of drug-likeness (QED) is 0.777. The third kappa shape index (κ3) is 4.10. The fraction of sp³-hybridized carbons (Fsp3) is 0.421. The molecule has 3 rings (SSSR count). The van der Waals surface area contributed by atoms with E-state index in [2.05, 4.69) is 10.3 Å². The lowest BCUT2D eigenvalue weighted by atomic mass is 10.1. The molecule has 0 saturated carbocycles. The Morgan fingerprint density at radius 3 is 2.88 bits per heavy atom. The Balaban J connectivity index is 1.71. The van der Waals surface area contributed by atoms with Gasteiger partial charge in [-0.15, -0.1) is 11.3 Å². The lowest BCUT2D eigenvalue weighted by Gasteiger charge is -2.32. The van der Waals surface area contributed by atoms with Crippen LogP contribution >= 0.6 is 23.1 Å². The van der Waals surface area contributed by atoms with Gasteiger partial charge in [0.05, 0.1) is 17.0 Å². The number of amides is 2. The summed E-state index contributed by atoms with van der Waals surface area (Å²) in [7, 11) is 0. The van der Waals surface area contributed by atoms with Gasteiger partial charge in [-0.05, 0) is 36.4 Å². The molecule has 0 spiro atoms. The van der Waals surface area contributed by atoms with Crippen LogP contribution in [-0.2, 0) is 9.59 Å². The van der Waals surface area contributed by atoms with E-state index in [-0.39, 0.29) is 24.3 Å². The van der Waals surface area contributed by atoms with Gasteiger partial charge < -0.3 is 10.2 Å². The molecule has 1 N–H and O–H groups in total. The maximum Gasteiger partial charge on any atom is 0.241 e. The largest absolute Gasteiger partial charge is 0.348 e. The molecule has 1 aliphatic heterocycles. The van der Waals surface area contributed by atoms with Crippen LogP contribution in [0.1, 0.15) is 44.0 Å². The maximum absolute atomic E-state index is 12.9. The first-order valence-corrected chi connectivity index (χ1v) is 10.7. The second-order valence-corrected chi connectivity index (χ2v) is 8.34. The smallest absolute Gasteiger partial charge is 0.241 e. The first kappa shape index (κ1) is 18.9. The molecule has 2 aromatic heterocycles. The fourth-order valence-corrected chi connectivity index (χ4v) is 5.04. The van der Waals surface area contributed by atoms with E-state index in [1.165, 1.54) is 11.8 Å². The van der Waals surface area contributed by atoms with Crippen molar-refractivity contribution in [2.24, 2.45) is 0 Å². The van der Waals surface area contributed by atoms with Gasteiger partial charge in [0.2, 0.25) is 11.8 Å². The molecule has 2 amide bonds. The monoisotopic (exact) mass is 389 g/mol. The summed E-state index contributed by atoms with van der Waals surface area (Å²) < 4.78 is 0. The number of anilines is 1. The van der Waals surface area contributed by atoms with Gasteiger partial charge in [-0.3, -0.25) is 9.59 Å². The molecule has 26 heavy (non-hydrogen) atoms. The molecule has 2 aromatic rings. The predicted molar refractivity (Wildman–Crippen MR) is 107 cm³/mol. The number of carbonyl (C=O) groups is 2. The number of thiophene rings is 1. The van der Waals surface area contributed by atoms with Crippen LogP contribution < -0.4 is 10.2 Å². The van der Waals surface area contributed by atoms with E-state index in [0.29, 0.717) is 6.54 Å². The second kappa shape index (κ2) is 8.68. The highest BCUT2D eigenvalue weighted by atomic mass is 32.2. The minimum Gasteiger partial charge on any atom is -0.348 e. The zero-order chi connectivity index (χ0) is 18.5. The molecule has 0 bridgehead atoms. The molecule has 0 unspecified atom stereocenters. The van der Waals surface area contributed by atoms with Gasteiger partial charge in [-0.1, -0.05) is 31.7 Å². The van der Waals surface area contributed by atoms with E-state index in [1.807, 2.05) is 43.5 Å². The summed E-state index contributed by atoms with van der Waals surface area (Å²) >= 11 is 3.03. The Bertz CT molecular complexity index is 764. The van der Waals surface area contributed by atoms with E-state index < -0.39 is 5.25 Å². The van der Waals surface area contributed by atoms with Gasteiger partial charge in [0, 0.05) is 24.0 Å². The Hall–Kier alpha value is -1.86. The zero-order valence-electron chi connectivity index (χ0n) is 15.0. The molecule has 0 aliphatic carbocycles. The van der Waals surface area contributed by atoms with Crippen LogP contribution in [0.3, 0.4) is 0 Å². The highest BCUT2D eigenvalue weighted by Gasteiger charge is 2.35. The molecule has 5 nitrogen and oxygen atoms in total. The Morgan fingerprint density at radius 1 is 1.35 bits per heavy atom. The minimum atomic E-state index is -0.426. The van der Waals surface area contributed by atoms with Gasteiger partial charge in [0.25, 0.3) is 0 Å². The summed E-state index contributed by atoms with van der Waals surface area (Å²) in [5, 5.41) is 5.48. The number of fused-ring (bicyclic) bond motifs is 1. The first-order valence-electron chi connectivity index (χ1n) is 8.89. The summed E-state index contributed by atoms with van der Waals surface area (Å²) in [4.78, 5) is 32.8. The average Bonchev–Trinajstić information content (AvgIpc) is 3.17. The predicted octanol–water partition coefficient (Wildman–Crippen LogP) is 4.02. The number of aromatic nitrogens is 1. The van der Waals surface area contributed by atoms with Crippen LogP contribution in [0.5, 0.6) is 0 Å². The average molecular weight is 390 g/mol. The van der Waals surface area contributed by atoms with E-state index in [1.54, 1.807) is 22.4 Å². The molecule has 3 heterocycles. The first-order chi connectivity index (χ1) is 12.6. The molecule has 0 radical (unpaired) electrons. The van der Waals surface area contributed by atoms with Crippen LogP contribution in [0.15, 0.2) is 40.9 Å². The fourth-order valence-electron chi connectivity index (χ4n) is 3.03. The van der Waals surface area contributed by atoms with Crippen LogP contribution in [0.4, 0.5) is 5.69 Å². The van der Waals surface area contributed by atoms with E-state index in [9.17, 15) is 9.59 Å². The van der Waals surface area contributed by atoms with Gasteiger partial charge in [0.1, 0.15) is 5.03 Å². The summed E-state index contributed by atoms with van der Waals surface area (Å²) in [6.45, 7) is 4.73. The number of hydrogen-bond acceptors (Lipinski definition) is 5.